The average molecular weight is 501 g/mol. The summed E-state index contributed by atoms with van der Waals surface area (Å²) in [5.41, 5.74) is 1.00. The van der Waals surface area contributed by atoms with Crippen molar-refractivity contribution in [2.24, 2.45) is 4.99 Å². The Hall–Kier alpha value is -4.40. The minimum absolute atomic E-state index is 0.0126. The third-order valence-corrected chi connectivity index (χ3v) is 6.31. The van der Waals surface area contributed by atoms with E-state index in [9.17, 15) is 14.0 Å². The van der Waals surface area contributed by atoms with E-state index in [0.29, 0.717) is 18.1 Å². The predicted molar refractivity (Wildman–Crippen MR) is 136 cm³/mol. The Bertz CT molecular complexity index is 1390. The monoisotopic (exact) mass is 500 g/mol. The molecule has 1 atom stereocenters. The second-order valence-corrected chi connectivity index (χ2v) is 8.67. The number of hydrogen-bond donors (Lipinski definition) is 0. The molecule has 0 spiro atoms. The van der Waals surface area contributed by atoms with E-state index >= 15 is 0 Å². The van der Waals surface area contributed by atoms with Crippen LogP contribution in [0.4, 0.5) is 16.0 Å². The van der Waals surface area contributed by atoms with Gasteiger partial charge in [0.05, 0.1) is 13.0 Å². The van der Waals surface area contributed by atoms with Crippen molar-refractivity contribution in [2.75, 3.05) is 18.1 Å². The number of carbonyl (C=O) groups is 2. The number of anilines is 2. The Kier molecular flexibility index (Phi) is 6.76. The number of esters is 1. The number of halogens is 1. The number of carbonyl (C=O) groups excluding carboxylic acids is 2. The molecule has 3 aromatic rings. The van der Waals surface area contributed by atoms with Crippen molar-refractivity contribution in [2.45, 2.75) is 31.9 Å². The van der Waals surface area contributed by atoms with Crippen LogP contribution in [-0.4, -0.2) is 46.6 Å². The van der Waals surface area contributed by atoms with E-state index in [1.54, 1.807) is 37.3 Å². The van der Waals surface area contributed by atoms with Crippen LogP contribution in [0.25, 0.3) is 0 Å². The van der Waals surface area contributed by atoms with Crippen molar-refractivity contribution in [1.29, 1.82) is 0 Å². The minimum atomic E-state index is -1.49. The summed E-state index contributed by atoms with van der Waals surface area (Å²) >= 11 is 0. The van der Waals surface area contributed by atoms with Gasteiger partial charge in [0, 0.05) is 30.2 Å². The molecule has 0 saturated carbocycles. The number of ketones is 1. The summed E-state index contributed by atoms with van der Waals surface area (Å²) in [6.45, 7) is 2.39. The van der Waals surface area contributed by atoms with E-state index < -0.39 is 23.1 Å². The Morgan fingerprint density at radius 1 is 1.14 bits per heavy atom. The number of fused-ring (bicyclic) bond motifs is 1. The number of nitrogens with zero attached hydrogens (tertiary/aromatic N) is 4. The van der Waals surface area contributed by atoms with Crippen molar-refractivity contribution in [3.05, 3.63) is 89.4 Å². The van der Waals surface area contributed by atoms with Crippen LogP contribution in [0, 0.1) is 5.82 Å². The van der Waals surface area contributed by atoms with Crippen LogP contribution in [0.2, 0.25) is 0 Å². The molecule has 2 aromatic carbocycles. The van der Waals surface area contributed by atoms with Crippen molar-refractivity contribution in [3.63, 3.8) is 0 Å². The fourth-order valence-corrected chi connectivity index (χ4v) is 4.47. The third kappa shape index (κ3) is 4.84. The van der Waals surface area contributed by atoms with E-state index in [-0.39, 0.29) is 31.1 Å². The Morgan fingerprint density at radius 3 is 2.73 bits per heavy atom. The van der Waals surface area contributed by atoms with Crippen LogP contribution in [0.15, 0.2) is 71.9 Å². The topological polar surface area (TPSA) is 94.0 Å². The quantitative estimate of drug-likeness (QED) is 0.317. The number of aromatic nitrogens is 2. The van der Waals surface area contributed by atoms with Crippen LogP contribution in [0.1, 0.15) is 34.8 Å². The Balaban J connectivity index is 1.52. The molecule has 0 N–H and O–H groups in total. The number of benzene rings is 2. The van der Waals surface area contributed by atoms with Gasteiger partial charge in [-0.15, -0.1) is 0 Å². The van der Waals surface area contributed by atoms with Crippen LogP contribution in [0.3, 0.4) is 0 Å². The first-order valence-electron chi connectivity index (χ1n) is 12.0. The highest BCUT2D eigenvalue weighted by atomic mass is 19.1. The third-order valence-electron chi connectivity index (χ3n) is 6.31. The van der Waals surface area contributed by atoms with E-state index in [1.807, 2.05) is 29.2 Å². The largest absolute Gasteiger partial charge is 0.472 e. The molecule has 8 nitrogen and oxygen atoms in total. The highest BCUT2D eigenvalue weighted by Gasteiger charge is 2.42. The number of ether oxygens (including phenoxy) is 2. The Morgan fingerprint density at radius 2 is 1.95 bits per heavy atom. The second-order valence-electron chi connectivity index (χ2n) is 8.67. The van der Waals surface area contributed by atoms with Crippen LogP contribution in [0.5, 0.6) is 5.88 Å². The number of Topliss-reactive ketones (excluding diaryl/α,β-unsaturated/α-hetero) is 1. The zero-order valence-corrected chi connectivity index (χ0v) is 20.3. The van der Waals surface area contributed by atoms with Gasteiger partial charge in [-0.05, 0) is 43.2 Å². The molecule has 5 rings (SSSR count). The molecule has 0 amide bonds. The number of allylic oxidation sites excluding steroid dienone is 1. The highest BCUT2D eigenvalue weighted by Crippen LogP contribution is 2.35. The van der Waals surface area contributed by atoms with E-state index in [1.165, 1.54) is 24.0 Å². The zero-order valence-electron chi connectivity index (χ0n) is 20.3. The summed E-state index contributed by atoms with van der Waals surface area (Å²) in [5.74, 6) is -1.15. The molecule has 1 aromatic heterocycles. The molecule has 1 unspecified atom stereocenters. The smallest absolute Gasteiger partial charge is 0.309 e. The first kappa shape index (κ1) is 24.3. The van der Waals surface area contributed by atoms with Gasteiger partial charge in [0.2, 0.25) is 17.6 Å². The van der Waals surface area contributed by atoms with Crippen molar-refractivity contribution >= 4 is 29.6 Å². The summed E-state index contributed by atoms with van der Waals surface area (Å²) in [6, 6.07) is 14.2. The van der Waals surface area contributed by atoms with Crippen LogP contribution in [-0.2, 0) is 22.6 Å². The molecule has 0 fully saturated rings. The van der Waals surface area contributed by atoms with Crippen molar-refractivity contribution in [3.8, 4) is 5.88 Å². The summed E-state index contributed by atoms with van der Waals surface area (Å²) < 4.78 is 25.3. The predicted octanol–water partition coefficient (Wildman–Crippen LogP) is 4.40. The van der Waals surface area contributed by atoms with Gasteiger partial charge in [-0.3, -0.25) is 14.6 Å². The summed E-state index contributed by atoms with van der Waals surface area (Å²) in [7, 11) is 0. The molecule has 2 aliphatic rings. The normalized spacial score (nSPS) is 17.6. The Labute approximate surface area is 213 Å². The van der Waals surface area contributed by atoms with Gasteiger partial charge in [-0.25, -0.2) is 9.37 Å². The molecule has 188 valence electrons. The number of para-hydroxylation sites is 1. The average Bonchev–Trinajstić information content (AvgIpc) is 3.56. The fourth-order valence-electron chi connectivity index (χ4n) is 4.47. The molecule has 3 heterocycles. The maximum atomic E-state index is 14.3. The van der Waals surface area contributed by atoms with Crippen LogP contribution < -0.4 is 9.64 Å². The minimum Gasteiger partial charge on any atom is -0.472 e. The van der Waals surface area contributed by atoms with Gasteiger partial charge in [0.25, 0.3) is 0 Å². The summed E-state index contributed by atoms with van der Waals surface area (Å²) in [4.78, 5) is 41.5. The van der Waals surface area contributed by atoms with Crippen LogP contribution >= 0.6 is 0 Å². The molecule has 0 saturated heterocycles. The lowest BCUT2D eigenvalue weighted by Crippen LogP contribution is -2.37. The first-order valence-corrected chi connectivity index (χ1v) is 12.0. The molecular formula is C28H25FN4O4. The molecule has 9 heteroatoms. The van der Waals surface area contributed by atoms with Gasteiger partial charge in [-0.1, -0.05) is 36.4 Å². The SMILES string of the molecule is CCOC(=O)CC1(C(=O)c2cnc(N3CCc4ccccc43)nc2OCc2ccccc2F)C=CC=N1. The highest BCUT2D eigenvalue weighted by molar-refractivity contribution is 6.10. The maximum absolute atomic E-state index is 14.3. The molecule has 0 radical (unpaired) electrons. The first-order chi connectivity index (χ1) is 18.0. The number of rotatable bonds is 9. The lowest BCUT2D eigenvalue weighted by atomic mass is 9.88. The van der Waals surface area contributed by atoms with Gasteiger partial charge in [0.1, 0.15) is 18.0 Å². The molecule has 0 aliphatic carbocycles. The second kappa shape index (κ2) is 10.3. The van der Waals surface area contributed by atoms with E-state index in [4.69, 9.17) is 9.47 Å². The van der Waals surface area contributed by atoms with Gasteiger partial charge in [-0.2, -0.15) is 4.98 Å². The van der Waals surface area contributed by atoms with Gasteiger partial charge in [0.15, 0.2) is 5.54 Å². The fraction of sp³-hybridized carbons (Fsp3) is 0.250. The van der Waals surface area contributed by atoms with E-state index in [0.717, 1.165) is 12.1 Å². The van der Waals surface area contributed by atoms with Gasteiger partial charge >= 0.3 is 5.97 Å². The number of hydrogen-bond acceptors (Lipinski definition) is 8. The zero-order chi connectivity index (χ0) is 25.8. The standard InChI is InChI=1S/C28H25FN4O4/c1-2-36-24(34)16-28(13-7-14-31-28)25(35)21-17-30-27(33-15-12-19-8-4-6-11-23(19)33)32-26(21)37-18-20-9-3-5-10-22(20)29/h3-11,13-14,17H,2,12,15-16,18H2,1H3. The van der Waals surface area contributed by atoms with Crippen molar-refractivity contribution in [1.82, 2.24) is 9.97 Å². The van der Waals surface area contributed by atoms with Gasteiger partial charge < -0.3 is 14.4 Å². The molecular weight excluding hydrogens is 475 g/mol. The lowest BCUT2D eigenvalue weighted by molar-refractivity contribution is -0.143. The molecule has 37 heavy (non-hydrogen) atoms. The number of aliphatic imine (C=N–C) groups is 1. The lowest BCUT2D eigenvalue weighted by Gasteiger charge is -2.24. The van der Waals surface area contributed by atoms with E-state index in [2.05, 4.69) is 15.0 Å². The summed E-state index contributed by atoms with van der Waals surface area (Å²) in [6.07, 6.45) is 6.56. The maximum Gasteiger partial charge on any atom is 0.309 e. The van der Waals surface area contributed by atoms with Crippen molar-refractivity contribution < 1.29 is 23.5 Å². The molecule has 0 bridgehead atoms. The summed E-state index contributed by atoms with van der Waals surface area (Å²) in [5, 5.41) is 0. The molecule has 2 aliphatic heterocycles.